The largest absolute Gasteiger partial charge is 0.371 e. The van der Waals surface area contributed by atoms with Crippen LogP contribution in [0.5, 0.6) is 0 Å². The Bertz CT molecular complexity index is 553. The van der Waals surface area contributed by atoms with Crippen LogP contribution >= 0.6 is 0 Å². The SMILES string of the molecule is CCC(C)(OC)c1nc(N)nc(-c2ccccc2)n1. The number of aromatic nitrogens is 3. The highest BCUT2D eigenvalue weighted by Crippen LogP contribution is 2.27. The standard InChI is InChI=1S/C14H18N4O/c1-4-14(2,19-3)12-16-11(17-13(15)18-12)10-8-6-5-7-9-10/h5-9H,4H2,1-3H3,(H2,15,16,17,18). The summed E-state index contributed by atoms with van der Waals surface area (Å²) in [6.45, 7) is 3.96. The maximum Gasteiger partial charge on any atom is 0.223 e. The Labute approximate surface area is 112 Å². The molecule has 1 heterocycles. The van der Waals surface area contributed by atoms with Crippen LogP contribution in [-0.2, 0) is 10.3 Å². The molecule has 5 nitrogen and oxygen atoms in total. The summed E-state index contributed by atoms with van der Waals surface area (Å²) in [4.78, 5) is 12.9. The third kappa shape index (κ3) is 2.71. The van der Waals surface area contributed by atoms with Crippen molar-refractivity contribution in [3.05, 3.63) is 36.2 Å². The second kappa shape index (κ2) is 5.32. The fourth-order valence-electron chi connectivity index (χ4n) is 1.74. The lowest BCUT2D eigenvalue weighted by Crippen LogP contribution is -2.27. The minimum absolute atomic E-state index is 0.209. The molecule has 1 atom stereocenters. The molecule has 0 fully saturated rings. The third-order valence-corrected chi connectivity index (χ3v) is 3.28. The molecule has 2 rings (SSSR count). The first-order valence-corrected chi connectivity index (χ1v) is 6.21. The van der Waals surface area contributed by atoms with Crippen molar-refractivity contribution in [1.82, 2.24) is 15.0 Å². The van der Waals surface area contributed by atoms with Crippen LogP contribution < -0.4 is 5.73 Å². The van der Waals surface area contributed by atoms with Crippen LogP contribution in [0, 0.1) is 0 Å². The Kier molecular flexibility index (Phi) is 3.76. The van der Waals surface area contributed by atoms with Gasteiger partial charge in [-0.15, -0.1) is 0 Å². The number of rotatable bonds is 4. The Morgan fingerprint density at radius 1 is 1.16 bits per heavy atom. The lowest BCUT2D eigenvalue weighted by Gasteiger charge is -2.25. The van der Waals surface area contributed by atoms with Gasteiger partial charge in [0.15, 0.2) is 11.6 Å². The van der Waals surface area contributed by atoms with Crippen LogP contribution in [-0.4, -0.2) is 22.1 Å². The monoisotopic (exact) mass is 258 g/mol. The third-order valence-electron chi connectivity index (χ3n) is 3.28. The quantitative estimate of drug-likeness (QED) is 0.911. The zero-order chi connectivity index (χ0) is 13.9. The molecule has 100 valence electrons. The highest BCUT2D eigenvalue weighted by atomic mass is 16.5. The van der Waals surface area contributed by atoms with E-state index in [0.717, 1.165) is 12.0 Å². The zero-order valence-electron chi connectivity index (χ0n) is 11.4. The molecule has 1 unspecified atom stereocenters. The molecule has 5 heteroatoms. The van der Waals surface area contributed by atoms with Gasteiger partial charge in [-0.25, -0.2) is 4.98 Å². The van der Waals surface area contributed by atoms with Crippen LogP contribution in [0.25, 0.3) is 11.4 Å². The van der Waals surface area contributed by atoms with E-state index in [0.29, 0.717) is 11.6 Å². The van der Waals surface area contributed by atoms with E-state index in [1.165, 1.54) is 0 Å². The fourth-order valence-corrected chi connectivity index (χ4v) is 1.74. The van der Waals surface area contributed by atoms with Crippen molar-refractivity contribution >= 4 is 5.95 Å². The molecule has 0 aliphatic rings. The number of ether oxygens (including phenoxy) is 1. The number of hydrogen-bond donors (Lipinski definition) is 1. The highest BCUT2D eigenvalue weighted by molar-refractivity contribution is 5.55. The molecular weight excluding hydrogens is 240 g/mol. The predicted molar refractivity (Wildman–Crippen MR) is 74.3 cm³/mol. The summed E-state index contributed by atoms with van der Waals surface area (Å²) in [7, 11) is 1.64. The van der Waals surface area contributed by atoms with E-state index in [2.05, 4.69) is 15.0 Å². The molecule has 0 amide bonds. The molecule has 0 bridgehead atoms. The van der Waals surface area contributed by atoms with Gasteiger partial charge >= 0.3 is 0 Å². The Balaban J connectivity index is 2.52. The lowest BCUT2D eigenvalue weighted by atomic mass is 10.0. The molecule has 2 aromatic rings. The first kappa shape index (κ1) is 13.4. The van der Waals surface area contributed by atoms with Crippen molar-refractivity contribution in [3.8, 4) is 11.4 Å². The normalized spacial score (nSPS) is 14.1. The number of nitrogens with two attached hydrogens (primary N) is 1. The van der Waals surface area contributed by atoms with E-state index >= 15 is 0 Å². The van der Waals surface area contributed by atoms with E-state index in [9.17, 15) is 0 Å². The number of nitrogen functional groups attached to an aromatic ring is 1. The Hall–Kier alpha value is -2.01. The minimum atomic E-state index is -0.555. The van der Waals surface area contributed by atoms with Gasteiger partial charge in [0.25, 0.3) is 0 Å². The Morgan fingerprint density at radius 3 is 2.42 bits per heavy atom. The van der Waals surface area contributed by atoms with E-state index in [1.807, 2.05) is 44.2 Å². The summed E-state index contributed by atoms with van der Waals surface area (Å²) < 4.78 is 5.51. The minimum Gasteiger partial charge on any atom is -0.371 e. The van der Waals surface area contributed by atoms with Gasteiger partial charge in [-0.1, -0.05) is 37.3 Å². The van der Waals surface area contributed by atoms with Crippen LogP contribution in [0.15, 0.2) is 30.3 Å². The first-order chi connectivity index (χ1) is 9.09. The van der Waals surface area contributed by atoms with Crippen molar-refractivity contribution in [1.29, 1.82) is 0 Å². The van der Waals surface area contributed by atoms with Crippen LogP contribution in [0.3, 0.4) is 0 Å². The van der Waals surface area contributed by atoms with Gasteiger partial charge < -0.3 is 10.5 Å². The van der Waals surface area contributed by atoms with Crippen molar-refractivity contribution in [2.75, 3.05) is 12.8 Å². The maximum absolute atomic E-state index is 5.79. The summed E-state index contributed by atoms with van der Waals surface area (Å²) in [5.41, 5.74) is 6.14. The van der Waals surface area contributed by atoms with Gasteiger partial charge in [0.05, 0.1) is 0 Å². The molecular formula is C14H18N4O. The maximum atomic E-state index is 5.79. The van der Waals surface area contributed by atoms with Gasteiger partial charge in [0.2, 0.25) is 5.95 Å². The molecule has 0 spiro atoms. The number of anilines is 1. The molecule has 2 N–H and O–H groups in total. The van der Waals surface area contributed by atoms with Gasteiger partial charge in [-0.2, -0.15) is 9.97 Å². The number of nitrogens with zero attached hydrogens (tertiary/aromatic N) is 3. The first-order valence-electron chi connectivity index (χ1n) is 6.21. The van der Waals surface area contributed by atoms with E-state index in [1.54, 1.807) is 7.11 Å². The lowest BCUT2D eigenvalue weighted by molar-refractivity contribution is -0.00891. The number of benzene rings is 1. The van der Waals surface area contributed by atoms with Crippen LogP contribution in [0.4, 0.5) is 5.95 Å². The molecule has 0 aliphatic carbocycles. The van der Waals surface area contributed by atoms with Crippen molar-refractivity contribution in [3.63, 3.8) is 0 Å². The molecule has 1 aromatic carbocycles. The van der Waals surface area contributed by atoms with Crippen LogP contribution in [0.2, 0.25) is 0 Å². The summed E-state index contributed by atoms with van der Waals surface area (Å²) in [6.07, 6.45) is 0.751. The average Bonchev–Trinajstić information content (AvgIpc) is 2.46. The molecule has 0 radical (unpaired) electrons. The highest BCUT2D eigenvalue weighted by Gasteiger charge is 2.28. The van der Waals surface area contributed by atoms with Crippen molar-refractivity contribution in [2.24, 2.45) is 0 Å². The van der Waals surface area contributed by atoms with Gasteiger partial charge in [0.1, 0.15) is 5.60 Å². The number of hydrogen-bond acceptors (Lipinski definition) is 5. The summed E-state index contributed by atoms with van der Waals surface area (Å²) in [6, 6.07) is 9.69. The van der Waals surface area contributed by atoms with Crippen molar-refractivity contribution < 1.29 is 4.74 Å². The molecule has 19 heavy (non-hydrogen) atoms. The summed E-state index contributed by atoms with van der Waals surface area (Å²) in [5, 5.41) is 0. The molecule has 0 saturated carbocycles. The van der Waals surface area contributed by atoms with Crippen molar-refractivity contribution in [2.45, 2.75) is 25.9 Å². The second-order valence-electron chi connectivity index (χ2n) is 4.50. The summed E-state index contributed by atoms with van der Waals surface area (Å²) in [5.74, 6) is 1.34. The fraction of sp³-hybridized carbons (Fsp3) is 0.357. The molecule has 1 aromatic heterocycles. The van der Waals surface area contributed by atoms with E-state index in [-0.39, 0.29) is 5.95 Å². The predicted octanol–water partition coefficient (Wildman–Crippen LogP) is 2.39. The molecule has 0 saturated heterocycles. The number of methoxy groups -OCH3 is 1. The zero-order valence-corrected chi connectivity index (χ0v) is 11.4. The smallest absolute Gasteiger partial charge is 0.223 e. The topological polar surface area (TPSA) is 73.9 Å². The average molecular weight is 258 g/mol. The second-order valence-corrected chi connectivity index (χ2v) is 4.50. The van der Waals surface area contributed by atoms with E-state index < -0.39 is 5.60 Å². The van der Waals surface area contributed by atoms with Gasteiger partial charge in [-0.3, -0.25) is 0 Å². The van der Waals surface area contributed by atoms with E-state index in [4.69, 9.17) is 10.5 Å². The van der Waals surface area contributed by atoms with Crippen LogP contribution in [0.1, 0.15) is 26.1 Å². The van der Waals surface area contributed by atoms with Gasteiger partial charge in [-0.05, 0) is 13.3 Å². The molecule has 0 aliphatic heterocycles. The Morgan fingerprint density at radius 2 is 1.84 bits per heavy atom. The van der Waals surface area contributed by atoms with Gasteiger partial charge in [0, 0.05) is 12.7 Å². The summed E-state index contributed by atoms with van der Waals surface area (Å²) >= 11 is 0.